The van der Waals surface area contributed by atoms with Crippen LogP contribution in [0.25, 0.3) is 10.9 Å². The maximum Gasteiger partial charge on any atom is 0.341 e. The Morgan fingerprint density at radius 3 is 2.73 bits per heavy atom. The van der Waals surface area contributed by atoms with Crippen molar-refractivity contribution in [1.82, 2.24) is 9.88 Å². The average Bonchev–Trinajstić information content (AvgIpc) is 2.63. The average molecular weight is 356 g/mol. The number of para-hydroxylation sites is 1. The second-order valence-corrected chi connectivity index (χ2v) is 6.45. The fraction of sp³-hybridized carbons (Fsp3) is 0.421. The minimum absolute atomic E-state index is 0.207. The Bertz CT molecular complexity index is 800. The van der Waals surface area contributed by atoms with Gasteiger partial charge in [0, 0.05) is 30.7 Å². The van der Waals surface area contributed by atoms with Gasteiger partial charge in [-0.2, -0.15) is 0 Å². The quantitative estimate of drug-likeness (QED) is 0.766. The van der Waals surface area contributed by atoms with Crippen molar-refractivity contribution in [3.8, 4) is 0 Å². The van der Waals surface area contributed by atoms with Gasteiger partial charge in [0.15, 0.2) is 0 Å². The highest BCUT2D eigenvalue weighted by atomic mass is 16.5. The van der Waals surface area contributed by atoms with Crippen LogP contribution in [0.1, 0.15) is 30.1 Å². The number of carbonyl (C=O) groups excluding carboxylic acids is 2. The molecule has 1 aromatic carbocycles. The lowest BCUT2D eigenvalue weighted by Crippen LogP contribution is -2.43. The number of anilines is 1. The molecule has 1 amide bonds. The molecule has 1 aliphatic rings. The number of likely N-dealkylation sites (tertiary alicyclic amines) is 1. The van der Waals surface area contributed by atoms with Crippen LogP contribution in [0.4, 0.5) is 5.69 Å². The van der Waals surface area contributed by atoms with E-state index in [9.17, 15) is 9.59 Å². The van der Waals surface area contributed by atoms with Crippen LogP contribution in [-0.2, 0) is 9.53 Å². The summed E-state index contributed by atoms with van der Waals surface area (Å²) < 4.78 is 5.19. The van der Waals surface area contributed by atoms with E-state index in [-0.39, 0.29) is 17.9 Å². The number of ether oxygens (including phenoxy) is 1. The van der Waals surface area contributed by atoms with E-state index in [1.165, 1.54) is 0 Å². The van der Waals surface area contributed by atoms with Gasteiger partial charge in [-0.05, 0) is 25.8 Å². The highest BCUT2D eigenvalue weighted by molar-refractivity contribution is 6.04. The lowest BCUT2D eigenvalue weighted by atomic mass is 10.0. The molecule has 1 fully saturated rings. The first kappa shape index (κ1) is 18.1. The number of rotatable bonds is 6. The number of benzene rings is 1. The molecule has 7 heteroatoms. The molecule has 1 aliphatic heterocycles. The van der Waals surface area contributed by atoms with E-state index in [0.717, 1.165) is 42.5 Å². The number of aromatic nitrogens is 1. The summed E-state index contributed by atoms with van der Waals surface area (Å²) in [6.45, 7) is 3.97. The molecule has 26 heavy (non-hydrogen) atoms. The summed E-state index contributed by atoms with van der Waals surface area (Å²) >= 11 is 0. The molecule has 7 nitrogen and oxygen atoms in total. The van der Waals surface area contributed by atoms with Crippen LogP contribution in [0.5, 0.6) is 0 Å². The predicted molar refractivity (Wildman–Crippen MR) is 100.0 cm³/mol. The standard InChI is InChI=1S/C19H24N4O3/c1-2-26-19(25)15-11-21-16-6-4-3-5-14(16)18(15)22-13-7-9-23(10-8-13)12-17(20)24/h3-6,11,13H,2,7-10,12H2,1H3,(H2,20,24)(H,21,22). The van der Waals surface area contributed by atoms with Crippen molar-refractivity contribution in [2.75, 3.05) is 31.6 Å². The number of hydrogen-bond donors (Lipinski definition) is 2. The Morgan fingerprint density at radius 1 is 1.31 bits per heavy atom. The number of hydrogen-bond acceptors (Lipinski definition) is 6. The van der Waals surface area contributed by atoms with Gasteiger partial charge in [-0.25, -0.2) is 4.79 Å². The lowest BCUT2D eigenvalue weighted by molar-refractivity contribution is -0.119. The van der Waals surface area contributed by atoms with Crippen LogP contribution in [0.2, 0.25) is 0 Å². The van der Waals surface area contributed by atoms with Crippen LogP contribution in [-0.4, -0.2) is 54.0 Å². The summed E-state index contributed by atoms with van der Waals surface area (Å²) in [5, 5.41) is 4.42. The molecule has 2 heterocycles. The van der Waals surface area contributed by atoms with Crippen molar-refractivity contribution in [2.24, 2.45) is 5.73 Å². The van der Waals surface area contributed by atoms with Crippen molar-refractivity contribution in [1.29, 1.82) is 0 Å². The van der Waals surface area contributed by atoms with Crippen LogP contribution >= 0.6 is 0 Å². The largest absolute Gasteiger partial charge is 0.462 e. The van der Waals surface area contributed by atoms with Crippen molar-refractivity contribution in [3.05, 3.63) is 36.0 Å². The van der Waals surface area contributed by atoms with Crippen LogP contribution in [0.3, 0.4) is 0 Å². The number of pyridine rings is 1. The highest BCUT2D eigenvalue weighted by Gasteiger charge is 2.23. The topological polar surface area (TPSA) is 97.6 Å². The SMILES string of the molecule is CCOC(=O)c1cnc2ccccc2c1NC1CCN(CC(N)=O)CC1. The molecular formula is C19H24N4O3. The predicted octanol–water partition coefficient (Wildman–Crippen LogP) is 1.77. The number of primary amides is 1. The first-order valence-corrected chi connectivity index (χ1v) is 8.90. The Kier molecular flexibility index (Phi) is 5.68. The summed E-state index contributed by atoms with van der Waals surface area (Å²) in [4.78, 5) is 29.9. The third-order valence-corrected chi connectivity index (χ3v) is 4.59. The van der Waals surface area contributed by atoms with Gasteiger partial charge in [0.05, 0.1) is 24.4 Å². The van der Waals surface area contributed by atoms with Crippen molar-refractivity contribution in [2.45, 2.75) is 25.8 Å². The third kappa shape index (κ3) is 4.11. The van der Waals surface area contributed by atoms with Crippen molar-refractivity contribution < 1.29 is 14.3 Å². The Hall–Kier alpha value is -2.67. The molecule has 0 aliphatic carbocycles. The molecule has 1 aromatic heterocycles. The van der Waals surface area contributed by atoms with E-state index in [2.05, 4.69) is 15.2 Å². The second-order valence-electron chi connectivity index (χ2n) is 6.45. The molecule has 1 saturated heterocycles. The Morgan fingerprint density at radius 2 is 2.04 bits per heavy atom. The Labute approximate surface area is 152 Å². The van der Waals surface area contributed by atoms with Gasteiger partial charge in [-0.3, -0.25) is 14.7 Å². The van der Waals surface area contributed by atoms with Crippen LogP contribution in [0.15, 0.2) is 30.5 Å². The molecule has 0 bridgehead atoms. The van der Waals surface area contributed by atoms with Gasteiger partial charge >= 0.3 is 5.97 Å². The van der Waals surface area contributed by atoms with Crippen LogP contribution < -0.4 is 11.1 Å². The first-order chi connectivity index (χ1) is 12.6. The molecule has 0 radical (unpaired) electrons. The zero-order chi connectivity index (χ0) is 18.5. The second kappa shape index (κ2) is 8.14. The fourth-order valence-electron chi connectivity index (χ4n) is 3.32. The summed E-state index contributed by atoms with van der Waals surface area (Å²) in [5.41, 5.74) is 7.31. The van der Waals surface area contributed by atoms with Crippen molar-refractivity contribution in [3.63, 3.8) is 0 Å². The van der Waals surface area contributed by atoms with Gasteiger partial charge in [0.25, 0.3) is 0 Å². The number of piperidine rings is 1. The van der Waals surface area contributed by atoms with E-state index in [0.29, 0.717) is 18.7 Å². The van der Waals surface area contributed by atoms with Gasteiger partial charge < -0.3 is 15.8 Å². The minimum Gasteiger partial charge on any atom is -0.462 e. The van der Waals surface area contributed by atoms with Gasteiger partial charge in [-0.1, -0.05) is 18.2 Å². The molecule has 0 unspecified atom stereocenters. The van der Waals surface area contributed by atoms with Crippen molar-refractivity contribution >= 4 is 28.5 Å². The smallest absolute Gasteiger partial charge is 0.341 e. The molecule has 0 saturated carbocycles. The van der Waals surface area contributed by atoms with Gasteiger partial charge in [0.1, 0.15) is 5.56 Å². The molecule has 138 valence electrons. The van der Waals surface area contributed by atoms with E-state index in [1.54, 1.807) is 13.1 Å². The summed E-state index contributed by atoms with van der Waals surface area (Å²) in [5.74, 6) is -0.680. The normalized spacial score (nSPS) is 15.7. The number of nitrogens with one attached hydrogen (secondary N) is 1. The number of nitrogens with two attached hydrogens (primary N) is 1. The zero-order valence-corrected chi connectivity index (χ0v) is 14.9. The monoisotopic (exact) mass is 356 g/mol. The molecule has 0 atom stereocenters. The van der Waals surface area contributed by atoms with Gasteiger partial charge in [0.2, 0.25) is 5.91 Å². The number of fused-ring (bicyclic) bond motifs is 1. The van der Waals surface area contributed by atoms with E-state index >= 15 is 0 Å². The summed E-state index contributed by atoms with van der Waals surface area (Å²) in [7, 11) is 0. The molecular weight excluding hydrogens is 332 g/mol. The van der Waals surface area contributed by atoms with Gasteiger partial charge in [-0.15, -0.1) is 0 Å². The number of amides is 1. The maximum atomic E-state index is 12.4. The third-order valence-electron chi connectivity index (χ3n) is 4.59. The number of carbonyl (C=O) groups is 2. The number of nitrogens with zero attached hydrogens (tertiary/aromatic N) is 2. The zero-order valence-electron chi connectivity index (χ0n) is 14.9. The highest BCUT2D eigenvalue weighted by Crippen LogP contribution is 2.28. The fourth-order valence-corrected chi connectivity index (χ4v) is 3.32. The molecule has 2 aromatic rings. The summed E-state index contributed by atoms with van der Waals surface area (Å²) in [6.07, 6.45) is 3.31. The summed E-state index contributed by atoms with van der Waals surface area (Å²) in [6, 6.07) is 7.93. The lowest BCUT2D eigenvalue weighted by Gasteiger charge is -2.32. The van der Waals surface area contributed by atoms with E-state index < -0.39 is 0 Å². The Balaban J connectivity index is 1.83. The molecule has 3 rings (SSSR count). The molecule has 3 N–H and O–H groups in total. The molecule has 0 spiro atoms. The maximum absolute atomic E-state index is 12.4. The number of esters is 1. The van der Waals surface area contributed by atoms with E-state index in [4.69, 9.17) is 10.5 Å². The van der Waals surface area contributed by atoms with Crippen LogP contribution in [0, 0.1) is 0 Å². The first-order valence-electron chi connectivity index (χ1n) is 8.90. The van der Waals surface area contributed by atoms with E-state index in [1.807, 2.05) is 24.3 Å². The minimum atomic E-state index is -0.376.